The second kappa shape index (κ2) is 7.58. The summed E-state index contributed by atoms with van der Waals surface area (Å²) in [6.07, 6.45) is 4.35. The van der Waals surface area contributed by atoms with Crippen molar-refractivity contribution in [2.24, 2.45) is 5.92 Å². The van der Waals surface area contributed by atoms with Gasteiger partial charge in [-0.3, -0.25) is 0 Å². The normalized spacial score (nSPS) is 21.5. The molecule has 1 aliphatic carbocycles. The van der Waals surface area contributed by atoms with Crippen LogP contribution in [0.25, 0.3) is 0 Å². The first-order valence-corrected chi connectivity index (χ1v) is 9.07. The summed E-state index contributed by atoms with van der Waals surface area (Å²) < 4.78 is 6.19. The van der Waals surface area contributed by atoms with Crippen LogP contribution >= 0.6 is 0 Å². The van der Waals surface area contributed by atoms with Gasteiger partial charge in [-0.1, -0.05) is 78.3 Å². The van der Waals surface area contributed by atoms with Gasteiger partial charge in [0.2, 0.25) is 0 Å². The largest absolute Gasteiger partial charge is 0.373 e. The summed E-state index contributed by atoms with van der Waals surface area (Å²) >= 11 is 0. The molecule has 1 saturated carbocycles. The molecule has 0 unspecified atom stereocenters. The average molecular weight is 294 g/mol. The van der Waals surface area contributed by atoms with Crippen molar-refractivity contribution in [3.63, 3.8) is 0 Å². The van der Waals surface area contributed by atoms with E-state index in [1.54, 1.807) is 0 Å². The maximum Gasteiger partial charge on any atom is 0.0811 e. The minimum absolute atomic E-state index is 0.460. The van der Waals surface area contributed by atoms with Crippen molar-refractivity contribution in [3.05, 3.63) is 66.2 Å². The highest BCUT2D eigenvalue weighted by molar-refractivity contribution is 6.53. The van der Waals surface area contributed by atoms with Gasteiger partial charge in [-0.25, -0.2) is 0 Å². The molecule has 0 aromatic heterocycles. The van der Waals surface area contributed by atoms with Crippen LogP contribution in [0.1, 0.15) is 24.8 Å². The standard InChI is InChI=1S/C19H22OSi/c1-3-8-16(9-4-1)14-20-19-13-7-10-17(19)15-21-18-11-5-2-6-12-18/h1-6,8-9,11-12,17,19H,7,10,13-15H2/t17-,19+/m1/s1. The van der Waals surface area contributed by atoms with Crippen molar-refractivity contribution in [2.45, 2.75) is 38.0 Å². The van der Waals surface area contributed by atoms with Crippen molar-refractivity contribution in [2.75, 3.05) is 0 Å². The van der Waals surface area contributed by atoms with Crippen molar-refractivity contribution in [1.82, 2.24) is 0 Å². The molecule has 0 aliphatic heterocycles. The van der Waals surface area contributed by atoms with Crippen LogP contribution in [0.3, 0.4) is 0 Å². The third-order valence-corrected chi connectivity index (χ3v) is 5.71. The van der Waals surface area contributed by atoms with Gasteiger partial charge in [0.1, 0.15) is 0 Å². The fourth-order valence-corrected chi connectivity index (χ4v) is 4.43. The van der Waals surface area contributed by atoms with Crippen LogP contribution in [0, 0.1) is 5.92 Å². The molecule has 0 spiro atoms. The van der Waals surface area contributed by atoms with Gasteiger partial charge >= 0.3 is 0 Å². The van der Waals surface area contributed by atoms with Crippen LogP contribution in [-0.4, -0.2) is 15.6 Å². The molecule has 2 atom stereocenters. The third-order valence-electron chi connectivity index (χ3n) is 4.24. The van der Waals surface area contributed by atoms with Gasteiger partial charge in [0, 0.05) is 0 Å². The lowest BCUT2D eigenvalue weighted by Crippen LogP contribution is -2.23. The summed E-state index contributed by atoms with van der Waals surface area (Å²) in [6, 6.07) is 22.7. The lowest BCUT2D eigenvalue weighted by Gasteiger charge is -2.20. The van der Waals surface area contributed by atoms with Crippen molar-refractivity contribution in [3.8, 4) is 0 Å². The van der Waals surface area contributed by atoms with Crippen molar-refractivity contribution < 1.29 is 4.74 Å². The van der Waals surface area contributed by atoms with Gasteiger partial charge in [-0.05, 0) is 24.3 Å². The highest BCUT2D eigenvalue weighted by atomic mass is 28.2. The summed E-state index contributed by atoms with van der Waals surface area (Å²) in [7, 11) is 0.915. The van der Waals surface area contributed by atoms with E-state index in [9.17, 15) is 0 Å². The van der Waals surface area contributed by atoms with E-state index in [0.29, 0.717) is 6.10 Å². The zero-order chi connectivity index (χ0) is 14.3. The molecule has 2 aromatic carbocycles. The summed E-state index contributed by atoms with van der Waals surface area (Å²) in [5, 5.41) is 1.48. The lowest BCUT2D eigenvalue weighted by atomic mass is 10.1. The van der Waals surface area contributed by atoms with Crippen LogP contribution in [-0.2, 0) is 11.3 Å². The van der Waals surface area contributed by atoms with Crippen LogP contribution in [0.4, 0.5) is 0 Å². The van der Waals surface area contributed by atoms with E-state index in [1.165, 1.54) is 36.1 Å². The summed E-state index contributed by atoms with van der Waals surface area (Å²) in [5.74, 6) is 0.743. The van der Waals surface area contributed by atoms with E-state index in [-0.39, 0.29) is 0 Å². The Kier molecular flexibility index (Phi) is 5.25. The number of rotatable bonds is 6. The molecule has 0 bridgehead atoms. The molecule has 2 radical (unpaired) electrons. The minimum atomic E-state index is 0.460. The van der Waals surface area contributed by atoms with E-state index >= 15 is 0 Å². The predicted octanol–water partition coefficient (Wildman–Crippen LogP) is 3.82. The molecular formula is C19H22OSi. The van der Waals surface area contributed by atoms with Crippen LogP contribution in [0.15, 0.2) is 60.7 Å². The Morgan fingerprint density at radius 1 is 0.905 bits per heavy atom. The second-order valence-electron chi connectivity index (χ2n) is 5.77. The fourth-order valence-electron chi connectivity index (χ4n) is 3.04. The first kappa shape index (κ1) is 14.5. The minimum Gasteiger partial charge on any atom is -0.373 e. The summed E-state index contributed by atoms with van der Waals surface area (Å²) in [4.78, 5) is 0. The lowest BCUT2D eigenvalue weighted by molar-refractivity contribution is 0.0207. The second-order valence-corrected chi connectivity index (χ2v) is 7.11. The zero-order valence-electron chi connectivity index (χ0n) is 12.4. The van der Waals surface area contributed by atoms with Gasteiger partial charge in [-0.15, -0.1) is 0 Å². The molecule has 1 nitrogen and oxygen atoms in total. The van der Waals surface area contributed by atoms with Crippen molar-refractivity contribution >= 4 is 14.7 Å². The molecule has 2 aromatic rings. The molecule has 108 valence electrons. The Balaban J connectivity index is 1.49. The number of benzene rings is 2. The highest BCUT2D eigenvalue weighted by Gasteiger charge is 2.27. The molecule has 2 heteroatoms. The van der Waals surface area contributed by atoms with Gasteiger partial charge in [0.15, 0.2) is 0 Å². The molecule has 0 saturated heterocycles. The first-order chi connectivity index (χ1) is 10.4. The van der Waals surface area contributed by atoms with Crippen molar-refractivity contribution in [1.29, 1.82) is 0 Å². The van der Waals surface area contributed by atoms with E-state index in [2.05, 4.69) is 60.7 Å². The summed E-state index contributed by atoms with van der Waals surface area (Å²) in [5.41, 5.74) is 1.29. The average Bonchev–Trinajstić information content (AvgIpc) is 3.00. The third kappa shape index (κ3) is 4.29. The van der Waals surface area contributed by atoms with Gasteiger partial charge in [0.05, 0.1) is 22.2 Å². The SMILES string of the molecule is c1ccc(CO[C@H]2CCC[C@@H]2C[Si]c2ccccc2)cc1. The maximum absolute atomic E-state index is 6.19. The smallest absolute Gasteiger partial charge is 0.0811 e. The Morgan fingerprint density at radius 3 is 2.38 bits per heavy atom. The van der Waals surface area contributed by atoms with E-state index < -0.39 is 0 Å². The Morgan fingerprint density at radius 2 is 1.62 bits per heavy atom. The molecule has 0 heterocycles. The Labute approximate surface area is 130 Å². The monoisotopic (exact) mass is 294 g/mol. The first-order valence-electron chi connectivity index (χ1n) is 7.86. The quantitative estimate of drug-likeness (QED) is 0.736. The Bertz CT molecular complexity index is 476. The topological polar surface area (TPSA) is 9.23 Å². The molecule has 1 fully saturated rings. The molecule has 0 amide bonds. The number of hydrogen-bond acceptors (Lipinski definition) is 1. The van der Waals surface area contributed by atoms with Gasteiger partial charge < -0.3 is 4.74 Å². The summed E-state index contributed by atoms with van der Waals surface area (Å²) in [6.45, 7) is 0.760. The predicted molar refractivity (Wildman–Crippen MR) is 89.0 cm³/mol. The maximum atomic E-state index is 6.19. The molecule has 3 rings (SSSR count). The van der Waals surface area contributed by atoms with Crippen LogP contribution < -0.4 is 5.19 Å². The van der Waals surface area contributed by atoms with E-state index in [0.717, 1.165) is 22.0 Å². The molecule has 0 N–H and O–H groups in total. The van der Waals surface area contributed by atoms with Gasteiger partial charge in [0.25, 0.3) is 0 Å². The van der Waals surface area contributed by atoms with E-state index in [1.807, 2.05) is 0 Å². The van der Waals surface area contributed by atoms with Crippen LogP contribution in [0.5, 0.6) is 0 Å². The number of ether oxygens (including phenoxy) is 1. The van der Waals surface area contributed by atoms with E-state index in [4.69, 9.17) is 4.74 Å². The molecule has 1 aliphatic rings. The fraction of sp³-hybridized carbons (Fsp3) is 0.368. The molecular weight excluding hydrogens is 272 g/mol. The zero-order valence-corrected chi connectivity index (χ0v) is 13.4. The highest BCUT2D eigenvalue weighted by Crippen LogP contribution is 2.31. The Hall–Kier alpha value is -1.38. The van der Waals surface area contributed by atoms with Gasteiger partial charge in [-0.2, -0.15) is 0 Å². The number of hydrogen-bond donors (Lipinski definition) is 0. The van der Waals surface area contributed by atoms with Crippen LogP contribution in [0.2, 0.25) is 6.04 Å². The molecule has 21 heavy (non-hydrogen) atoms.